The van der Waals surface area contributed by atoms with Crippen molar-refractivity contribution >= 4 is 11.8 Å². The fraction of sp³-hybridized carbons (Fsp3) is 0.500. The van der Waals surface area contributed by atoms with Crippen molar-refractivity contribution < 1.29 is 14.0 Å². The number of piperidine rings is 1. The molecule has 1 fully saturated rings. The summed E-state index contributed by atoms with van der Waals surface area (Å²) in [6.07, 6.45) is 6.77. The van der Waals surface area contributed by atoms with Crippen molar-refractivity contribution in [3.63, 3.8) is 0 Å². The van der Waals surface area contributed by atoms with Crippen molar-refractivity contribution in [2.75, 3.05) is 26.2 Å². The minimum atomic E-state index is -0.232. The Kier molecular flexibility index (Phi) is 8.33. The third kappa shape index (κ3) is 6.44. The fourth-order valence-corrected chi connectivity index (χ4v) is 5.12. The van der Waals surface area contributed by atoms with Crippen LogP contribution in [-0.4, -0.2) is 42.9 Å². The Bertz CT molecular complexity index is 1000. The number of hydrogen-bond acceptors (Lipinski definition) is 3. The van der Waals surface area contributed by atoms with Crippen LogP contribution in [0.3, 0.4) is 0 Å². The second kappa shape index (κ2) is 11.6. The molecule has 1 atom stereocenters. The van der Waals surface area contributed by atoms with Gasteiger partial charge in [0.25, 0.3) is 0 Å². The highest BCUT2D eigenvalue weighted by Gasteiger charge is 2.26. The summed E-state index contributed by atoms with van der Waals surface area (Å²) >= 11 is 0. The van der Waals surface area contributed by atoms with Crippen LogP contribution in [0.15, 0.2) is 42.5 Å². The summed E-state index contributed by atoms with van der Waals surface area (Å²) < 4.78 is 13.7. The Morgan fingerprint density at radius 2 is 1.79 bits per heavy atom. The van der Waals surface area contributed by atoms with Gasteiger partial charge in [-0.2, -0.15) is 0 Å². The van der Waals surface area contributed by atoms with Crippen molar-refractivity contribution in [2.24, 2.45) is 5.92 Å². The molecule has 2 aromatic rings. The van der Waals surface area contributed by atoms with Gasteiger partial charge < -0.3 is 10.6 Å². The number of nitrogens with zero attached hydrogens (tertiary/aromatic N) is 1. The molecule has 2 amide bonds. The van der Waals surface area contributed by atoms with Crippen LogP contribution in [0.4, 0.5) is 4.39 Å². The lowest BCUT2D eigenvalue weighted by Gasteiger charge is -2.31. The first-order valence-corrected chi connectivity index (χ1v) is 12.6. The number of fused-ring (bicyclic) bond motifs is 1. The zero-order chi connectivity index (χ0) is 23.9. The van der Waals surface area contributed by atoms with Gasteiger partial charge in [0.15, 0.2) is 0 Å². The molecule has 4 rings (SSSR count). The third-order valence-electron chi connectivity index (χ3n) is 7.23. The summed E-state index contributed by atoms with van der Waals surface area (Å²) in [6, 6.07) is 13.3. The first-order valence-electron chi connectivity index (χ1n) is 12.6. The number of hydrogen-bond donors (Lipinski definition) is 2. The van der Waals surface area contributed by atoms with Crippen molar-refractivity contribution in [2.45, 2.75) is 57.9 Å². The molecular formula is C28H36FN3O2. The van der Waals surface area contributed by atoms with Gasteiger partial charge in [0.2, 0.25) is 11.8 Å². The average Bonchev–Trinajstić information content (AvgIpc) is 2.85. The number of amides is 2. The highest BCUT2D eigenvalue weighted by molar-refractivity contribution is 5.79. The van der Waals surface area contributed by atoms with Gasteiger partial charge in [0.05, 0.1) is 12.6 Å². The summed E-state index contributed by atoms with van der Waals surface area (Å²) in [5, 5.41) is 6.09. The van der Waals surface area contributed by atoms with Crippen molar-refractivity contribution in [1.29, 1.82) is 0 Å². The molecule has 0 saturated carbocycles. The van der Waals surface area contributed by atoms with E-state index in [1.807, 2.05) is 6.92 Å². The van der Waals surface area contributed by atoms with Crippen LogP contribution < -0.4 is 10.6 Å². The Balaban J connectivity index is 1.17. The van der Waals surface area contributed by atoms with E-state index >= 15 is 0 Å². The molecule has 0 aromatic heterocycles. The van der Waals surface area contributed by atoms with Gasteiger partial charge in [-0.15, -0.1) is 0 Å². The molecule has 182 valence electrons. The van der Waals surface area contributed by atoms with E-state index in [0.29, 0.717) is 25.1 Å². The number of halogens is 1. The first-order chi connectivity index (χ1) is 16.5. The van der Waals surface area contributed by atoms with Crippen LogP contribution in [0.2, 0.25) is 0 Å². The Morgan fingerprint density at radius 3 is 2.56 bits per heavy atom. The van der Waals surface area contributed by atoms with Gasteiger partial charge in [0, 0.05) is 12.5 Å². The fourth-order valence-electron chi connectivity index (χ4n) is 5.12. The van der Waals surface area contributed by atoms with E-state index in [2.05, 4.69) is 33.7 Å². The number of carbonyl (C=O) groups excluding carboxylic acids is 2. The predicted octanol–water partition coefficient (Wildman–Crippen LogP) is 3.95. The van der Waals surface area contributed by atoms with Crippen LogP contribution in [-0.2, 0) is 28.9 Å². The molecule has 0 spiro atoms. The number of carbonyl (C=O) groups is 2. The quantitative estimate of drug-likeness (QED) is 0.621. The average molecular weight is 466 g/mol. The maximum atomic E-state index is 13.7. The van der Waals surface area contributed by atoms with Crippen LogP contribution in [0, 0.1) is 11.7 Å². The van der Waals surface area contributed by atoms with E-state index in [4.69, 9.17) is 0 Å². The number of benzene rings is 2. The second-order valence-electron chi connectivity index (χ2n) is 9.71. The first kappa shape index (κ1) is 24.4. The summed E-state index contributed by atoms with van der Waals surface area (Å²) in [5.41, 5.74) is 4.67. The molecule has 0 radical (unpaired) electrons. The van der Waals surface area contributed by atoms with Crippen LogP contribution in [0.25, 0.3) is 0 Å². The van der Waals surface area contributed by atoms with E-state index in [1.165, 1.54) is 35.6 Å². The maximum Gasteiger partial charge on any atom is 0.234 e. The van der Waals surface area contributed by atoms with E-state index in [9.17, 15) is 14.0 Å². The molecule has 0 bridgehead atoms. The zero-order valence-electron chi connectivity index (χ0n) is 20.1. The lowest BCUT2D eigenvalue weighted by atomic mass is 9.89. The molecule has 5 nitrogen and oxygen atoms in total. The lowest BCUT2D eigenvalue weighted by Crippen LogP contribution is -2.45. The number of likely N-dealkylation sites (tertiary alicyclic amines) is 1. The Hall–Kier alpha value is -2.73. The van der Waals surface area contributed by atoms with E-state index in [0.717, 1.165) is 38.8 Å². The highest BCUT2D eigenvalue weighted by Crippen LogP contribution is 2.25. The van der Waals surface area contributed by atoms with Crippen LogP contribution >= 0.6 is 0 Å². The van der Waals surface area contributed by atoms with Gasteiger partial charge in [-0.05, 0) is 93.3 Å². The molecule has 1 aliphatic heterocycles. The van der Waals surface area contributed by atoms with Gasteiger partial charge >= 0.3 is 0 Å². The number of nitrogens with one attached hydrogen (secondary N) is 2. The minimum absolute atomic E-state index is 0.0162. The largest absolute Gasteiger partial charge is 0.356 e. The van der Waals surface area contributed by atoms with E-state index < -0.39 is 0 Å². The monoisotopic (exact) mass is 465 g/mol. The van der Waals surface area contributed by atoms with E-state index in [-0.39, 0.29) is 29.6 Å². The van der Waals surface area contributed by atoms with Crippen LogP contribution in [0.5, 0.6) is 0 Å². The summed E-state index contributed by atoms with van der Waals surface area (Å²) in [7, 11) is 0. The molecule has 1 heterocycles. The van der Waals surface area contributed by atoms with Gasteiger partial charge in [-0.1, -0.05) is 36.4 Å². The molecule has 1 saturated heterocycles. The topological polar surface area (TPSA) is 61.4 Å². The molecule has 2 aliphatic rings. The Labute approximate surface area is 202 Å². The van der Waals surface area contributed by atoms with E-state index in [1.54, 1.807) is 18.2 Å². The van der Waals surface area contributed by atoms with Gasteiger partial charge in [0.1, 0.15) is 5.82 Å². The summed E-state index contributed by atoms with van der Waals surface area (Å²) in [4.78, 5) is 27.3. The lowest BCUT2D eigenvalue weighted by molar-refractivity contribution is -0.126. The number of rotatable bonds is 8. The molecule has 0 unspecified atom stereocenters. The zero-order valence-corrected chi connectivity index (χ0v) is 20.1. The normalized spacial score (nSPS) is 17.6. The standard InChI is InChI=1S/C28H36FN3O2/c1-20(24-11-10-21-6-2-3-8-25(21)18-24)31-27(33)19-32-16-13-23(14-17-32)28(34)30-15-12-22-7-4-5-9-26(22)29/h4-5,7,9-11,18,20,23H,2-3,6,8,12-17,19H2,1H3,(H,30,34)(H,31,33)/t20-/m0/s1. The Morgan fingerprint density at radius 1 is 1.06 bits per heavy atom. The maximum absolute atomic E-state index is 13.7. The van der Waals surface area contributed by atoms with Crippen molar-refractivity contribution in [3.8, 4) is 0 Å². The smallest absolute Gasteiger partial charge is 0.234 e. The summed E-state index contributed by atoms with van der Waals surface area (Å²) in [6.45, 7) is 4.29. The molecular weight excluding hydrogens is 429 g/mol. The molecule has 6 heteroatoms. The molecule has 2 N–H and O–H groups in total. The van der Waals surface area contributed by atoms with Crippen molar-refractivity contribution in [1.82, 2.24) is 15.5 Å². The highest BCUT2D eigenvalue weighted by atomic mass is 19.1. The third-order valence-corrected chi connectivity index (χ3v) is 7.23. The van der Waals surface area contributed by atoms with Crippen LogP contribution in [0.1, 0.15) is 60.9 Å². The number of aryl methyl sites for hydroxylation is 2. The molecule has 2 aromatic carbocycles. The molecule has 34 heavy (non-hydrogen) atoms. The van der Waals surface area contributed by atoms with Gasteiger partial charge in [-0.25, -0.2) is 4.39 Å². The minimum Gasteiger partial charge on any atom is -0.356 e. The van der Waals surface area contributed by atoms with Gasteiger partial charge in [-0.3, -0.25) is 14.5 Å². The molecule has 1 aliphatic carbocycles. The SMILES string of the molecule is C[C@H](NC(=O)CN1CCC(C(=O)NCCc2ccccc2F)CC1)c1ccc2c(c1)CCCC2. The van der Waals surface area contributed by atoms with Crippen molar-refractivity contribution in [3.05, 3.63) is 70.5 Å². The predicted molar refractivity (Wildman–Crippen MR) is 132 cm³/mol. The second-order valence-corrected chi connectivity index (χ2v) is 9.71. The summed E-state index contributed by atoms with van der Waals surface area (Å²) in [5.74, 6) is -0.224.